The molecule has 0 saturated heterocycles. The molecular formula is C13H20N2. The van der Waals surface area contributed by atoms with Crippen molar-refractivity contribution in [2.24, 2.45) is 5.73 Å². The first-order valence-electron chi connectivity index (χ1n) is 5.74. The van der Waals surface area contributed by atoms with E-state index in [-0.39, 0.29) is 0 Å². The first-order chi connectivity index (χ1) is 7.24. The van der Waals surface area contributed by atoms with Gasteiger partial charge < -0.3 is 10.6 Å². The summed E-state index contributed by atoms with van der Waals surface area (Å²) >= 11 is 0. The minimum Gasteiger partial charge on any atom is -0.374 e. The summed E-state index contributed by atoms with van der Waals surface area (Å²) in [4.78, 5) is 2.36. The third-order valence-corrected chi connectivity index (χ3v) is 3.45. The van der Waals surface area contributed by atoms with Crippen LogP contribution in [0.2, 0.25) is 0 Å². The molecule has 15 heavy (non-hydrogen) atoms. The molecule has 1 heterocycles. The summed E-state index contributed by atoms with van der Waals surface area (Å²) in [5.41, 5.74) is 10.0. The van der Waals surface area contributed by atoms with Gasteiger partial charge in [0.2, 0.25) is 0 Å². The van der Waals surface area contributed by atoms with Crippen molar-refractivity contribution < 1.29 is 0 Å². The van der Waals surface area contributed by atoms with Crippen molar-refractivity contribution in [2.75, 3.05) is 25.0 Å². The van der Waals surface area contributed by atoms with Crippen LogP contribution < -0.4 is 10.6 Å². The van der Waals surface area contributed by atoms with E-state index in [1.807, 2.05) is 0 Å². The zero-order chi connectivity index (χ0) is 10.8. The molecule has 1 aromatic rings. The molecule has 1 aliphatic rings. The molecule has 0 amide bonds. The topological polar surface area (TPSA) is 29.3 Å². The van der Waals surface area contributed by atoms with Gasteiger partial charge >= 0.3 is 0 Å². The van der Waals surface area contributed by atoms with Gasteiger partial charge in [-0.2, -0.15) is 0 Å². The summed E-state index contributed by atoms with van der Waals surface area (Å²) in [6.45, 7) is 4.16. The minimum atomic E-state index is 0.669. The molecule has 0 aromatic heterocycles. The average Bonchev–Trinajstić information content (AvgIpc) is 2.23. The molecule has 1 unspecified atom stereocenters. The van der Waals surface area contributed by atoms with E-state index in [0.29, 0.717) is 5.92 Å². The second-order valence-electron chi connectivity index (χ2n) is 4.49. The number of benzene rings is 1. The summed E-state index contributed by atoms with van der Waals surface area (Å²) in [7, 11) is 2.18. The molecule has 1 atom stereocenters. The highest BCUT2D eigenvalue weighted by molar-refractivity contribution is 5.59. The molecule has 0 radical (unpaired) electrons. The highest BCUT2D eigenvalue weighted by Crippen LogP contribution is 2.38. The van der Waals surface area contributed by atoms with Gasteiger partial charge in [0.1, 0.15) is 0 Å². The lowest BCUT2D eigenvalue weighted by atomic mass is 9.85. The number of fused-ring (bicyclic) bond motifs is 1. The van der Waals surface area contributed by atoms with Crippen molar-refractivity contribution in [1.29, 1.82) is 0 Å². The van der Waals surface area contributed by atoms with E-state index in [1.165, 1.54) is 23.2 Å². The normalized spacial score (nSPS) is 20.2. The van der Waals surface area contributed by atoms with Crippen LogP contribution >= 0.6 is 0 Å². The fraction of sp³-hybridized carbons (Fsp3) is 0.538. The smallest absolute Gasteiger partial charge is 0.0401 e. The van der Waals surface area contributed by atoms with Gasteiger partial charge in [-0.05, 0) is 49.4 Å². The maximum Gasteiger partial charge on any atom is 0.0401 e. The predicted octanol–water partition coefficient (Wildman–Crippen LogP) is 2.27. The van der Waals surface area contributed by atoms with E-state index in [2.05, 4.69) is 37.1 Å². The van der Waals surface area contributed by atoms with Crippen LogP contribution in [0.25, 0.3) is 0 Å². The van der Waals surface area contributed by atoms with Gasteiger partial charge in [-0.3, -0.25) is 0 Å². The minimum absolute atomic E-state index is 0.669. The Kier molecular flexibility index (Phi) is 2.96. The molecule has 0 fully saturated rings. The Hall–Kier alpha value is -1.02. The molecule has 1 aromatic carbocycles. The van der Waals surface area contributed by atoms with Crippen molar-refractivity contribution in [1.82, 2.24) is 0 Å². The largest absolute Gasteiger partial charge is 0.374 e. The van der Waals surface area contributed by atoms with Crippen molar-refractivity contribution in [3.63, 3.8) is 0 Å². The maximum atomic E-state index is 5.69. The van der Waals surface area contributed by atoms with Crippen LogP contribution in [-0.4, -0.2) is 20.1 Å². The van der Waals surface area contributed by atoms with Crippen LogP contribution in [0.15, 0.2) is 18.2 Å². The van der Waals surface area contributed by atoms with Crippen LogP contribution in [0.4, 0.5) is 5.69 Å². The summed E-state index contributed by atoms with van der Waals surface area (Å²) < 4.78 is 0. The quantitative estimate of drug-likeness (QED) is 0.800. The lowest BCUT2D eigenvalue weighted by Crippen LogP contribution is -2.28. The molecule has 2 nitrogen and oxygen atoms in total. The van der Waals surface area contributed by atoms with E-state index in [9.17, 15) is 0 Å². The Morgan fingerprint density at radius 2 is 2.27 bits per heavy atom. The zero-order valence-corrected chi connectivity index (χ0v) is 9.66. The summed E-state index contributed by atoms with van der Waals surface area (Å²) in [5.74, 6) is 0.669. The summed E-state index contributed by atoms with van der Waals surface area (Å²) in [6.07, 6.45) is 2.36. The number of anilines is 1. The Labute approximate surface area is 92.1 Å². The first kappa shape index (κ1) is 10.5. The zero-order valence-electron chi connectivity index (χ0n) is 9.66. The van der Waals surface area contributed by atoms with Crippen molar-refractivity contribution in [3.05, 3.63) is 29.3 Å². The lowest BCUT2D eigenvalue weighted by Gasteiger charge is -2.34. The first-order valence-corrected chi connectivity index (χ1v) is 5.74. The monoisotopic (exact) mass is 204 g/mol. The van der Waals surface area contributed by atoms with Crippen LogP contribution in [0.1, 0.15) is 29.9 Å². The van der Waals surface area contributed by atoms with E-state index in [1.54, 1.807) is 0 Å². The Bertz CT molecular complexity index is 346. The van der Waals surface area contributed by atoms with Crippen molar-refractivity contribution in [2.45, 2.75) is 25.7 Å². The molecule has 2 heteroatoms. The van der Waals surface area contributed by atoms with E-state index in [0.717, 1.165) is 19.5 Å². The Morgan fingerprint density at radius 1 is 1.47 bits per heavy atom. The van der Waals surface area contributed by atoms with Gasteiger partial charge in [-0.1, -0.05) is 12.1 Å². The van der Waals surface area contributed by atoms with Gasteiger partial charge in [0.15, 0.2) is 0 Å². The number of nitrogens with two attached hydrogens (primary N) is 1. The molecular weight excluding hydrogens is 184 g/mol. The second-order valence-corrected chi connectivity index (χ2v) is 4.49. The van der Waals surface area contributed by atoms with Gasteiger partial charge in [-0.25, -0.2) is 0 Å². The molecule has 0 spiro atoms. The van der Waals surface area contributed by atoms with E-state index < -0.39 is 0 Å². The predicted molar refractivity (Wildman–Crippen MR) is 65.5 cm³/mol. The van der Waals surface area contributed by atoms with Crippen molar-refractivity contribution in [3.8, 4) is 0 Å². The molecule has 1 aliphatic heterocycles. The number of hydrogen-bond acceptors (Lipinski definition) is 2. The van der Waals surface area contributed by atoms with Gasteiger partial charge in [0, 0.05) is 19.3 Å². The molecule has 0 aliphatic carbocycles. The summed E-state index contributed by atoms with van der Waals surface area (Å²) in [5, 5.41) is 0. The molecule has 0 saturated carbocycles. The SMILES string of the molecule is Cc1cccc2c1C(CCN)CCN2C. The fourth-order valence-corrected chi connectivity index (χ4v) is 2.63. The molecule has 0 bridgehead atoms. The van der Waals surface area contributed by atoms with Crippen molar-refractivity contribution >= 4 is 5.69 Å². The number of rotatable bonds is 2. The van der Waals surface area contributed by atoms with Crippen LogP contribution in [0.3, 0.4) is 0 Å². The van der Waals surface area contributed by atoms with E-state index >= 15 is 0 Å². The molecule has 82 valence electrons. The van der Waals surface area contributed by atoms with E-state index in [4.69, 9.17) is 5.73 Å². The highest BCUT2D eigenvalue weighted by Gasteiger charge is 2.23. The van der Waals surface area contributed by atoms with Crippen LogP contribution in [-0.2, 0) is 0 Å². The van der Waals surface area contributed by atoms with Gasteiger partial charge in [0.05, 0.1) is 0 Å². The highest BCUT2D eigenvalue weighted by atomic mass is 15.1. The Balaban J connectivity index is 2.42. The average molecular weight is 204 g/mol. The standard InChI is InChI=1S/C13H20N2/c1-10-4-3-5-12-13(10)11(6-8-14)7-9-15(12)2/h3-5,11H,6-9,14H2,1-2H3. The fourth-order valence-electron chi connectivity index (χ4n) is 2.63. The summed E-state index contributed by atoms with van der Waals surface area (Å²) in [6, 6.07) is 6.59. The second kappa shape index (κ2) is 4.23. The third kappa shape index (κ3) is 1.86. The number of hydrogen-bond donors (Lipinski definition) is 1. The van der Waals surface area contributed by atoms with Gasteiger partial charge in [-0.15, -0.1) is 0 Å². The number of aryl methyl sites for hydroxylation is 1. The Morgan fingerprint density at radius 3 is 3.00 bits per heavy atom. The lowest BCUT2D eigenvalue weighted by molar-refractivity contribution is 0.557. The molecule has 2 rings (SSSR count). The molecule has 2 N–H and O–H groups in total. The maximum absolute atomic E-state index is 5.69. The van der Waals surface area contributed by atoms with Crippen LogP contribution in [0.5, 0.6) is 0 Å². The third-order valence-electron chi connectivity index (χ3n) is 3.45. The van der Waals surface area contributed by atoms with Gasteiger partial charge in [0.25, 0.3) is 0 Å². The number of nitrogens with zero attached hydrogens (tertiary/aromatic N) is 1. The van der Waals surface area contributed by atoms with Crippen LogP contribution in [0, 0.1) is 6.92 Å².